The molecule has 0 aliphatic carbocycles. The third-order valence-electron chi connectivity index (χ3n) is 2.76. The zero-order valence-corrected chi connectivity index (χ0v) is 11.8. The number of benzene rings is 1. The van der Waals surface area contributed by atoms with E-state index in [0.29, 0.717) is 6.07 Å². The Kier molecular flexibility index (Phi) is 3.62. The summed E-state index contributed by atoms with van der Waals surface area (Å²) in [6.45, 7) is 0. The molecule has 0 saturated heterocycles. The first-order valence-corrected chi connectivity index (χ1v) is 7.52. The Labute approximate surface area is 122 Å². The van der Waals surface area contributed by atoms with Crippen LogP contribution in [0.25, 0.3) is 5.69 Å². The van der Waals surface area contributed by atoms with Gasteiger partial charge in [0.1, 0.15) is 16.1 Å². The van der Waals surface area contributed by atoms with Crippen molar-refractivity contribution < 1.29 is 26.7 Å². The highest BCUT2D eigenvalue weighted by molar-refractivity contribution is 7.90. The zero-order chi connectivity index (χ0) is 16.7. The van der Waals surface area contributed by atoms with Gasteiger partial charge in [-0.15, -0.1) is 0 Å². The quantitative estimate of drug-likeness (QED) is 0.906. The van der Waals surface area contributed by atoms with Crippen LogP contribution < -0.4 is 0 Å². The zero-order valence-electron chi connectivity index (χ0n) is 11.0. The summed E-state index contributed by atoms with van der Waals surface area (Å²) in [5.41, 5.74) is -2.20. The highest BCUT2D eigenvalue weighted by Gasteiger charge is 2.36. The van der Waals surface area contributed by atoms with E-state index in [1.165, 1.54) is 0 Å². The van der Waals surface area contributed by atoms with Crippen LogP contribution in [-0.4, -0.2) is 29.6 Å². The highest BCUT2D eigenvalue weighted by atomic mass is 32.2. The number of hydrogen-bond acceptors (Lipinski definition) is 5. The van der Waals surface area contributed by atoms with Gasteiger partial charge in [0.2, 0.25) is 0 Å². The van der Waals surface area contributed by atoms with Gasteiger partial charge < -0.3 is 5.11 Å². The van der Waals surface area contributed by atoms with E-state index in [4.69, 9.17) is 5.26 Å². The first-order valence-electron chi connectivity index (χ1n) is 5.63. The van der Waals surface area contributed by atoms with Gasteiger partial charge in [0.25, 0.3) is 0 Å². The molecule has 0 saturated carbocycles. The fraction of sp³-hybridized carbons (Fsp3) is 0.167. The van der Waals surface area contributed by atoms with Crippen LogP contribution in [0.15, 0.2) is 29.4 Å². The topological polar surface area (TPSA) is 96.0 Å². The maximum atomic E-state index is 12.9. The summed E-state index contributed by atoms with van der Waals surface area (Å²) in [6.07, 6.45) is -2.09. The molecule has 0 bridgehead atoms. The third-order valence-corrected chi connectivity index (χ3v) is 3.83. The lowest BCUT2D eigenvalue weighted by atomic mass is 10.1. The summed E-state index contributed by atoms with van der Waals surface area (Å²) < 4.78 is 62.1. The third kappa shape index (κ3) is 2.89. The molecule has 116 valence electrons. The average Bonchev–Trinajstić information content (AvgIpc) is 2.87. The number of hydrogen-bond donors (Lipinski definition) is 1. The molecule has 0 radical (unpaired) electrons. The monoisotopic (exact) mass is 331 g/mol. The fourth-order valence-corrected chi connectivity index (χ4v) is 2.23. The molecule has 1 aromatic heterocycles. The Morgan fingerprint density at radius 1 is 1.36 bits per heavy atom. The Bertz CT molecular complexity index is 879. The molecule has 0 unspecified atom stereocenters. The second-order valence-electron chi connectivity index (χ2n) is 4.39. The van der Waals surface area contributed by atoms with Crippen molar-refractivity contribution in [1.29, 1.82) is 5.26 Å². The predicted octanol–water partition coefficient (Wildman–Crippen LogP) is 1.87. The molecule has 0 fully saturated rings. The van der Waals surface area contributed by atoms with Gasteiger partial charge in [-0.25, -0.2) is 13.1 Å². The van der Waals surface area contributed by atoms with Crippen LogP contribution >= 0.6 is 0 Å². The molecule has 1 aromatic carbocycles. The van der Waals surface area contributed by atoms with E-state index in [-0.39, 0.29) is 10.5 Å². The Balaban J connectivity index is 2.71. The number of phenols is 1. The maximum absolute atomic E-state index is 12.9. The van der Waals surface area contributed by atoms with E-state index in [9.17, 15) is 26.7 Å². The van der Waals surface area contributed by atoms with Gasteiger partial charge in [0.15, 0.2) is 15.6 Å². The van der Waals surface area contributed by atoms with Crippen molar-refractivity contribution in [3.8, 4) is 17.5 Å². The van der Waals surface area contributed by atoms with Gasteiger partial charge in [-0.2, -0.15) is 23.5 Å². The second kappa shape index (κ2) is 5.03. The molecule has 0 aliphatic rings. The van der Waals surface area contributed by atoms with Crippen molar-refractivity contribution in [2.75, 3.05) is 6.26 Å². The molecule has 1 N–H and O–H groups in total. The lowest BCUT2D eigenvalue weighted by Crippen LogP contribution is -2.08. The molecule has 2 aromatic rings. The van der Waals surface area contributed by atoms with Crippen molar-refractivity contribution in [3.05, 3.63) is 35.7 Å². The highest BCUT2D eigenvalue weighted by Crippen LogP contribution is 2.39. The van der Waals surface area contributed by atoms with E-state index in [2.05, 4.69) is 5.10 Å². The minimum Gasteiger partial charge on any atom is -0.505 e. The summed E-state index contributed by atoms with van der Waals surface area (Å²) in [6, 6.07) is 3.02. The molecule has 1 heterocycles. The van der Waals surface area contributed by atoms with Crippen LogP contribution in [0.1, 0.15) is 11.1 Å². The largest absolute Gasteiger partial charge is 0.505 e. The van der Waals surface area contributed by atoms with Crippen molar-refractivity contribution in [3.63, 3.8) is 0 Å². The Hall–Kier alpha value is -2.54. The van der Waals surface area contributed by atoms with Crippen molar-refractivity contribution in [2.45, 2.75) is 11.1 Å². The predicted molar refractivity (Wildman–Crippen MR) is 68.1 cm³/mol. The molecule has 0 aliphatic heterocycles. The molecule has 10 heteroatoms. The van der Waals surface area contributed by atoms with Gasteiger partial charge in [-0.3, -0.25) is 0 Å². The first kappa shape index (κ1) is 15.8. The normalized spacial score (nSPS) is 12.1. The van der Waals surface area contributed by atoms with E-state index >= 15 is 0 Å². The van der Waals surface area contributed by atoms with E-state index in [1.54, 1.807) is 6.07 Å². The van der Waals surface area contributed by atoms with Gasteiger partial charge in [-0.05, 0) is 12.1 Å². The standard InChI is InChI=1S/C12H8F3N3O3S/c1-22(20,21)8-5-17-18(6-8)10-3-7(4-16)2-9(11(10)19)12(13,14)15/h2-3,5-6,19H,1H3. The number of rotatable bonds is 2. The number of phenolic OH excluding ortho intramolecular Hbond substituents is 1. The van der Waals surface area contributed by atoms with Crippen LogP contribution in [0.5, 0.6) is 5.75 Å². The van der Waals surface area contributed by atoms with Gasteiger partial charge in [-0.1, -0.05) is 0 Å². The average molecular weight is 331 g/mol. The number of aromatic nitrogens is 2. The van der Waals surface area contributed by atoms with Crippen LogP contribution in [0.2, 0.25) is 0 Å². The molecule has 0 amide bonds. The molecule has 0 atom stereocenters. The summed E-state index contributed by atoms with van der Waals surface area (Å²) in [5.74, 6) is -1.14. The Morgan fingerprint density at radius 3 is 2.45 bits per heavy atom. The number of nitrogens with zero attached hydrogens (tertiary/aromatic N) is 3. The first-order chi connectivity index (χ1) is 10.0. The number of alkyl halides is 3. The minimum atomic E-state index is -4.88. The molecule has 0 spiro atoms. The lowest BCUT2D eigenvalue weighted by molar-refractivity contribution is -0.138. The number of nitriles is 1. The lowest BCUT2D eigenvalue weighted by Gasteiger charge is -2.13. The molecule has 2 rings (SSSR count). The number of aromatic hydroxyl groups is 1. The summed E-state index contributed by atoms with van der Waals surface area (Å²) in [5, 5.41) is 22.2. The van der Waals surface area contributed by atoms with Crippen LogP contribution in [0.3, 0.4) is 0 Å². The summed E-state index contributed by atoms with van der Waals surface area (Å²) in [7, 11) is -3.61. The number of halogens is 3. The maximum Gasteiger partial charge on any atom is 0.420 e. The minimum absolute atomic E-state index is 0.234. The number of sulfone groups is 1. The molecule has 6 nitrogen and oxygen atoms in total. The summed E-state index contributed by atoms with van der Waals surface area (Å²) in [4.78, 5) is -0.234. The molecular formula is C12H8F3N3O3S. The van der Waals surface area contributed by atoms with E-state index < -0.39 is 33.0 Å². The second-order valence-corrected chi connectivity index (χ2v) is 6.41. The van der Waals surface area contributed by atoms with Crippen LogP contribution in [0.4, 0.5) is 13.2 Å². The SMILES string of the molecule is CS(=O)(=O)c1cnn(-c2cc(C#N)cc(C(F)(F)F)c2O)c1. The van der Waals surface area contributed by atoms with E-state index in [0.717, 1.165) is 29.4 Å². The molecule has 22 heavy (non-hydrogen) atoms. The van der Waals surface area contributed by atoms with Gasteiger partial charge in [0.05, 0.1) is 17.8 Å². The van der Waals surface area contributed by atoms with Gasteiger partial charge >= 0.3 is 6.18 Å². The smallest absolute Gasteiger partial charge is 0.420 e. The van der Waals surface area contributed by atoms with Crippen LogP contribution in [0, 0.1) is 11.3 Å². The van der Waals surface area contributed by atoms with Crippen molar-refractivity contribution in [1.82, 2.24) is 9.78 Å². The Morgan fingerprint density at radius 2 is 2.00 bits per heavy atom. The fourth-order valence-electron chi connectivity index (χ4n) is 1.70. The van der Waals surface area contributed by atoms with Crippen molar-refractivity contribution in [2.24, 2.45) is 0 Å². The van der Waals surface area contributed by atoms with E-state index in [1.807, 2.05) is 0 Å². The van der Waals surface area contributed by atoms with Crippen molar-refractivity contribution >= 4 is 9.84 Å². The van der Waals surface area contributed by atoms with Gasteiger partial charge in [0, 0.05) is 12.5 Å². The molecular weight excluding hydrogens is 323 g/mol. The van der Waals surface area contributed by atoms with Crippen LogP contribution in [-0.2, 0) is 16.0 Å². The summed E-state index contributed by atoms with van der Waals surface area (Å²) >= 11 is 0.